The molecule has 3 nitrogen and oxygen atoms in total. The number of nitrogens with one attached hydrogen (secondary N) is 1. The standard InChI is InChI=1S/C18H30N2O/c1-4-20(14-16-8-9-16)10-11-21-18-7-5-6-17(12-18)13-19-15(2)3/h5-7,12,15-16,19H,4,8-11,13-14H2,1-3H3. The molecule has 0 unspecified atom stereocenters. The van der Waals surface area contributed by atoms with Crippen LogP contribution in [0.3, 0.4) is 0 Å². The van der Waals surface area contributed by atoms with Crippen LogP contribution in [0.1, 0.15) is 39.2 Å². The first-order valence-electron chi connectivity index (χ1n) is 8.35. The minimum atomic E-state index is 0.509. The van der Waals surface area contributed by atoms with Crippen LogP contribution < -0.4 is 10.1 Å². The lowest BCUT2D eigenvalue weighted by molar-refractivity contribution is 0.210. The summed E-state index contributed by atoms with van der Waals surface area (Å²) in [6.45, 7) is 11.6. The second-order valence-electron chi connectivity index (χ2n) is 6.37. The molecule has 118 valence electrons. The number of likely N-dealkylation sites (N-methyl/N-ethyl adjacent to an activating group) is 1. The summed E-state index contributed by atoms with van der Waals surface area (Å²) < 4.78 is 5.92. The third-order valence-electron chi connectivity index (χ3n) is 3.95. The van der Waals surface area contributed by atoms with Crippen molar-refractivity contribution in [1.82, 2.24) is 10.2 Å². The van der Waals surface area contributed by atoms with Gasteiger partial charge in [-0.15, -0.1) is 0 Å². The Labute approximate surface area is 129 Å². The zero-order chi connectivity index (χ0) is 15.1. The minimum Gasteiger partial charge on any atom is -0.492 e. The van der Waals surface area contributed by atoms with Crippen LogP contribution >= 0.6 is 0 Å². The number of ether oxygens (including phenoxy) is 1. The number of hydrogen-bond acceptors (Lipinski definition) is 3. The van der Waals surface area contributed by atoms with Crippen LogP contribution in [-0.4, -0.2) is 37.2 Å². The molecule has 1 aliphatic rings. The van der Waals surface area contributed by atoms with E-state index in [9.17, 15) is 0 Å². The zero-order valence-corrected chi connectivity index (χ0v) is 13.8. The highest BCUT2D eigenvalue weighted by atomic mass is 16.5. The molecule has 1 aromatic carbocycles. The Hall–Kier alpha value is -1.06. The molecular weight excluding hydrogens is 260 g/mol. The van der Waals surface area contributed by atoms with Crippen LogP contribution in [-0.2, 0) is 6.54 Å². The SMILES string of the molecule is CCN(CCOc1cccc(CNC(C)C)c1)CC1CC1. The molecule has 2 rings (SSSR count). The summed E-state index contributed by atoms with van der Waals surface area (Å²) in [5.41, 5.74) is 1.28. The normalized spacial score (nSPS) is 14.9. The highest BCUT2D eigenvalue weighted by molar-refractivity contribution is 5.28. The first-order valence-corrected chi connectivity index (χ1v) is 8.35. The van der Waals surface area contributed by atoms with Gasteiger partial charge in [0, 0.05) is 25.7 Å². The molecule has 21 heavy (non-hydrogen) atoms. The summed E-state index contributed by atoms with van der Waals surface area (Å²) in [5.74, 6) is 1.94. The van der Waals surface area contributed by atoms with Crippen molar-refractivity contribution in [3.63, 3.8) is 0 Å². The molecule has 0 heterocycles. The lowest BCUT2D eigenvalue weighted by atomic mass is 10.2. The van der Waals surface area contributed by atoms with Gasteiger partial charge in [0.25, 0.3) is 0 Å². The molecule has 3 heteroatoms. The summed E-state index contributed by atoms with van der Waals surface area (Å²) in [5, 5.41) is 3.44. The predicted molar refractivity (Wildman–Crippen MR) is 88.8 cm³/mol. The predicted octanol–water partition coefficient (Wildman–Crippen LogP) is 3.30. The van der Waals surface area contributed by atoms with Gasteiger partial charge in [0.05, 0.1) is 0 Å². The molecule has 0 bridgehead atoms. The van der Waals surface area contributed by atoms with Crippen molar-refractivity contribution in [2.75, 3.05) is 26.2 Å². The Morgan fingerprint density at radius 2 is 2.14 bits per heavy atom. The second kappa shape index (κ2) is 8.40. The lowest BCUT2D eigenvalue weighted by Gasteiger charge is -2.20. The number of hydrogen-bond donors (Lipinski definition) is 1. The Balaban J connectivity index is 1.72. The quantitative estimate of drug-likeness (QED) is 0.715. The van der Waals surface area contributed by atoms with Crippen LogP contribution in [0, 0.1) is 5.92 Å². The highest BCUT2D eigenvalue weighted by Gasteiger charge is 2.23. The van der Waals surface area contributed by atoms with Gasteiger partial charge in [-0.2, -0.15) is 0 Å². The van der Waals surface area contributed by atoms with Crippen LogP contribution in [0.5, 0.6) is 5.75 Å². The van der Waals surface area contributed by atoms with Gasteiger partial charge in [-0.1, -0.05) is 32.9 Å². The first-order chi connectivity index (χ1) is 10.2. The smallest absolute Gasteiger partial charge is 0.119 e. The van der Waals surface area contributed by atoms with Gasteiger partial charge >= 0.3 is 0 Å². The summed E-state index contributed by atoms with van der Waals surface area (Å²) in [6, 6.07) is 8.93. The van der Waals surface area contributed by atoms with E-state index in [1.54, 1.807) is 0 Å². The zero-order valence-electron chi connectivity index (χ0n) is 13.8. The van der Waals surface area contributed by atoms with Gasteiger partial charge < -0.3 is 10.1 Å². The molecule has 0 amide bonds. The average Bonchev–Trinajstić information content (AvgIpc) is 3.28. The van der Waals surface area contributed by atoms with E-state index in [-0.39, 0.29) is 0 Å². The third kappa shape index (κ3) is 6.49. The van der Waals surface area contributed by atoms with Gasteiger partial charge in [0.2, 0.25) is 0 Å². The number of benzene rings is 1. The number of rotatable bonds is 10. The largest absolute Gasteiger partial charge is 0.492 e. The van der Waals surface area contributed by atoms with Gasteiger partial charge in [-0.3, -0.25) is 4.90 Å². The molecular formula is C18H30N2O. The maximum Gasteiger partial charge on any atom is 0.119 e. The average molecular weight is 290 g/mol. The van der Waals surface area contributed by atoms with Crippen molar-refractivity contribution in [2.45, 2.75) is 46.2 Å². The summed E-state index contributed by atoms with van der Waals surface area (Å²) >= 11 is 0. The second-order valence-corrected chi connectivity index (χ2v) is 6.37. The highest BCUT2D eigenvalue weighted by Crippen LogP contribution is 2.29. The van der Waals surface area contributed by atoms with Gasteiger partial charge in [-0.25, -0.2) is 0 Å². The number of nitrogens with zero attached hydrogens (tertiary/aromatic N) is 1. The molecule has 0 saturated heterocycles. The Bertz CT molecular complexity index is 415. The van der Waals surface area contributed by atoms with Gasteiger partial charge in [0.1, 0.15) is 12.4 Å². The van der Waals surface area contributed by atoms with E-state index >= 15 is 0 Å². The van der Waals surface area contributed by atoms with E-state index in [2.05, 4.69) is 55.3 Å². The molecule has 1 aliphatic carbocycles. The molecule has 1 N–H and O–H groups in total. The van der Waals surface area contributed by atoms with Crippen LogP contribution in [0.15, 0.2) is 24.3 Å². The molecule has 1 saturated carbocycles. The van der Waals surface area contributed by atoms with Crippen molar-refractivity contribution in [3.05, 3.63) is 29.8 Å². The summed E-state index contributed by atoms with van der Waals surface area (Å²) in [6.07, 6.45) is 2.84. The minimum absolute atomic E-state index is 0.509. The van der Waals surface area contributed by atoms with E-state index in [1.807, 2.05) is 0 Å². The monoisotopic (exact) mass is 290 g/mol. The summed E-state index contributed by atoms with van der Waals surface area (Å²) in [4.78, 5) is 2.50. The van der Waals surface area contributed by atoms with E-state index in [1.165, 1.54) is 24.9 Å². The van der Waals surface area contributed by atoms with Crippen LogP contribution in [0.2, 0.25) is 0 Å². The maximum atomic E-state index is 5.92. The Kier molecular flexibility index (Phi) is 6.52. The van der Waals surface area contributed by atoms with Crippen molar-refractivity contribution >= 4 is 0 Å². The molecule has 1 aromatic rings. The van der Waals surface area contributed by atoms with E-state index in [4.69, 9.17) is 4.74 Å². The third-order valence-corrected chi connectivity index (χ3v) is 3.95. The fourth-order valence-electron chi connectivity index (χ4n) is 2.40. The lowest BCUT2D eigenvalue weighted by Crippen LogP contribution is -2.30. The molecule has 0 radical (unpaired) electrons. The van der Waals surface area contributed by atoms with Gasteiger partial charge in [-0.05, 0) is 43.0 Å². The summed E-state index contributed by atoms with van der Waals surface area (Å²) in [7, 11) is 0. The van der Waals surface area contributed by atoms with E-state index in [0.717, 1.165) is 37.9 Å². The molecule has 0 aromatic heterocycles. The van der Waals surface area contributed by atoms with Crippen LogP contribution in [0.25, 0.3) is 0 Å². The molecule has 1 fully saturated rings. The molecule has 0 spiro atoms. The molecule has 0 aliphatic heterocycles. The maximum absolute atomic E-state index is 5.92. The van der Waals surface area contributed by atoms with Gasteiger partial charge in [0.15, 0.2) is 0 Å². The first kappa shape index (κ1) is 16.3. The van der Waals surface area contributed by atoms with Crippen molar-refractivity contribution < 1.29 is 4.74 Å². The Morgan fingerprint density at radius 1 is 1.33 bits per heavy atom. The van der Waals surface area contributed by atoms with Crippen LogP contribution in [0.4, 0.5) is 0 Å². The fraction of sp³-hybridized carbons (Fsp3) is 0.667. The van der Waals surface area contributed by atoms with E-state index < -0.39 is 0 Å². The van der Waals surface area contributed by atoms with Crippen molar-refractivity contribution in [2.24, 2.45) is 5.92 Å². The van der Waals surface area contributed by atoms with E-state index in [0.29, 0.717) is 6.04 Å². The molecule has 0 atom stereocenters. The Morgan fingerprint density at radius 3 is 2.81 bits per heavy atom. The fourth-order valence-corrected chi connectivity index (χ4v) is 2.40. The van der Waals surface area contributed by atoms with Crippen molar-refractivity contribution in [3.8, 4) is 5.75 Å². The topological polar surface area (TPSA) is 24.5 Å². The van der Waals surface area contributed by atoms with Crippen molar-refractivity contribution in [1.29, 1.82) is 0 Å².